The predicted molar refractivity (Wildman–Crippen MR) is 86.2 cm³/mol. The summed E-state index contributed by atoms with van der Waals surface area (Å²) in [5.41, 5.74) is 2.29. The van der Waals surface area contributed by atoms with Crippen LogP contribution in [0.1, 0.15) is 31.9 Å². The number of hydrogen-bond donors (Lipinski definition) is 0. The van der Waals surface area contributed by atoms with Gasteiger partial charge in [0.05, 0.1) is 5.02 Å². The van der Waals surface area contributed by atoms with Gasteiger partial charge in [-0.25, -0.2) is 0 Å². The summed E-state index contributed by atoms with van der Waals surface area (Å²) in [7, 11) is 0. The van der Waals surface area contributed by atoms with Crippen molar-refractivity contribution in [1.82, 2.24) is 0 Å². The molecule has 0 unspecified atom stereocenters. The van der Waals surface area contributed by atoms with Gasteiger partial charge in [-0.05, 0) is 40.8 Å². The Balaban J connectivity index is 2.26. The van der Waals surface area contributed by atoms with E-state index in [9.17, 15) is 0 Å². The van der Waals surface area contributed by atoms with Gasteiger partial charge in [0, 0.05) is 5.88 Å². The van der Waals surface area contributed by atoms with Crippen LogP contribution >= 0.6 is 23.2 Å². The van der Waals surface area contributed by atoms with Crippen LogP contribution in [-0.4, -0.2) is 0 Å². The molecule has 0 atom stereocenters. The van der Waals surface area contributed by atoms with Crippen molar-refractivity contribution in [3.05, 3.63) is 58.6 Å². The minimum Gasteiger partial charge on any atom is -0.456 e. The van der Waals surface area contributed by atoms with Gasteiger partial charge in [-0.15, -0.1) is 11.6 Å². The predicted octanol–water partition coefficient (Wildman–Crippen LogP) is 6.17. The first-order valence-corrected chi connectivity index (χ1v) is 7.44. The van der Waals surface area contributed by atoms with Crippen molar-refractivity contribution < 1.29 is 4.74 Å². The lowest BCUT2D eigenvalue weighted by Crippen LogP contribution is -2.10. The molecule has 2 aromatic carbocycles. The van der Waals surface area contributed by atoms with Gasteiger partial charge < -0.3 is 4.74 Å². The Morgan fingerprint density at radius 2 is 1.80 bits per heavy atom. The molecule has 0 aliphatic carbocycles. The third-order valence-electron chi connectivity index (χ3n) is 3.08. The second kappa shape index (κ2) is 6.07. The number of benzene rings is 2. The van der Waals surface area contributed by atoms with Gasteiger partial charge in [0.25, 0.3) is 0 Å². The fourth-order valence-electron chi connectivity index (χ4n) is 1.86. The summed E-state index contributed by atoms with van der Waals surface area (Å²) in [6, 6.07) is 13.7. The average Bonchev–Trinajstić information content (AvgIpc) is 2.40. The van der Waals surface area contributed by atoms with Crippen LogP contribution < -0.4 is 4.74 Å². The normalized spacial score (nSPS) is 11.4. The van der Waals surface area contributed by atoms with Crippen molar-refractivity contribution in [2.75, 3.05) is 0 Å². The van der Waals surface area contributed by atoms with Gasteiger partial charge in [0.15, 0.2) is 0 Å². The molecule has 0 fully saturated rings. The molecule has 0 spiro atoms. The Bertz CT molecular complexity index is 600. The molecule has 106 valence electrons. The van der Waals surface area contributed by atoms with Crippen molar-refractivity contribution >= 4 is 23.2 Å². The fourth-order valence-corrected chi connectivity index (χ4v) is 2.27. The Labute approximate surface area is 130 Å². The summed E-state index contributed by atoms with van der Waals surface area (Å²) in [5.74, 6) is 1.88. The number of hydrogen-bond acceptors (Lipinski definition) is 1. The highest BCUT2D eigenvalue weighted by atomic mass is 35.5. The largest absolute Gasteiger partial charge is 0.456 e. The highest BCUT2D eigenvalue weighted by molar-refractivity contribution is 6.32. The molecule has 0 saturated carbocycles. The molecule has 0 aliphatic rings. The lowest BCUT2D eigenvalue weighted by atomic mass is 9.87. The summed E-state index contributed by atoms with van der Waals surface area (Å²) in [4.78, 5) is 0. The first-order valence-electron chi connectivity index (χ1n) is 6.53. The van der Waals surface area contributed by atoms with Crippen LogP contribution in [0.3, 0.4) is 0 Å². The molecule has 0 radical (unpaired) electrons. The van der Waals surface area contributed by atoms with E-state index in [-0.39, 0.29) is 5.41 Å². The van der Waals surface area contributed by atoms with E-state index in [1.807, 2.05) is 36.4 Å². The number of alkyl halides is 1. The maximum atomic E-state index is 6.20. The van der Waals surface area contributed by atoms with Gasteiger partial charge in [0.1, 0.15) is 11.5 Å². The molecule has 3 heteroatoms. The van der Waals surface area contributed by atoms with E-state index < -0.39 is 0 Å². The maximum absolute atomic E-state index is 6.20. The second-order valence-electron chi connectivity index (χ2n) is 5.78. The van der Waals surface area contributed by atoms with Gasteiger partial charge in [0.2, 0.25) is 0 Å². The van der Waals surface area contributed by atoms with E-state index in [0.29, 0.717) is 16.7 Å². The molecule has 0 bridgehead atoms. The summed E-state index contributed by atoms with van der Waals surface area (Å²) < 4.78 is 5.87. The fraction of sp³-hybridized carbons (Fsp3) is 0.294. The van der Waals surface area contributed by atoms with Crippen LogP contribution in [0.5, 0.6) is 11.5 Å². The monoisotopic (exact) mass is 308 g/mol. The van der Waals surface area contributed by atoms with Gasteiger partial charge in [-0.3, -0.25) is 0 Å². The van der Waals surface area contributed by atoms with E-state index in [1.54, 1.807) is 0 Å². The number of halogens is 2. The molecular formula is C17H18Cl2O. The second-order valence-corrected chi connectivity index (χ2v) is 6.45. The van der Waals surface area contributed by atoms with Crippen LogP contribution in [0.25, 0.3) is 0 Å². The van der Waals surface area contributed by atoms with Crippen LogP contribution in [0.2, 0.25) is 5.02 Å². The molecule has 0 amide bonds. The molecule has 0 heterocycles. The van der Waals surface area contributed by atoms with Crippen LogP contribution in [0.4, 0.5) is 0 Å². The number of ether oxygens (including phenoxy) is 1. The van der Waals surface area contributed by atoms with Gasteiger partial charge in [-0.2, -0.15) is 0 Å². The first kappa shape index (κ1) is 15.2. The molecule has 2 rings (SSSR count). The zero-order chi connectivity index (χ0) is 14.8. The Morgan fingerprint density at radius 1 is 1.05 bits per heavy atom. The molecule has 2 aromatic rings. The van der Waals surface area contributed by atoms with Crippen LogP contribution in [0.15, 0.2) is 42.5 Å². The third kappa shape index (κ3) is 3.68. The van der Waals surface area contributed by atoms with Crippen LogP contribution in [0, 0.1) is 0 Å². The Hall–Kier alpha value is -1.18. The highest BCUT2D eigenvalue weighted by Gasteiger charge is 2.14. The lowest BCUT2D eigenvalue weighted by molar-refractivity contribution is 0.478. The van der Waals surface area contributed by atoms with E-state index in [4.69, 9.17) is 27.9 Å². The minimum atomic E-state index is 0.0889. The zero-order valence-electron chi connectivity index (χ0n) is 11.9. The SMILES string of the molecule is CC(C)(C)c1cccc(Oc2ccc(CCl)cc2Cl)c1. The van der Waals surface area contributed by atoms with Crippen molar-refractivity contribution in [2.24, 2.45) is 0 Å². The quantitative estimate of drug-likeness (QED) is 0.616. The third-order valence-corrected chi connectivity index (χ3v) is 3.68. The van der Waals surface area contributed by atoms with E-state index in [2.05, 4.69) is 26.8 Å². The van der Waals surface area contributed by atoms with Crippen molar-refractivity contribution in [2.45, 2.75) is 32.1 Å². The summed E-state index contributed by atoms with van der Waals surface area (Å²) in [6.07, 6.45) is 0. The van der Waals surface area contributed by atoms with E-state index in [1.165, 1.54) is 5.56 Å². The molecule has 20 heavy (non-hydrogen) atoms. The maximum Gasteiger partial charge on any atom is 0.146 e. The Morgan fingerprint density at radius 3 is 2.40 bits per heavy atom. The molecule has 0 saturated heterocycles. The smallest absolute Gasteiger partial charge is 0.146 e. The first-order chi connectivity index (χ1) is 9.40. The van der Waals surface area contributed by atoms with Crippen molar-refractivity contribution in [1.29, 1.82) is 0 Å². The van der Waals surface area contributed by atoms with Crippen molar-refractivity contribution in [3.8, 4) is 11.5 Å². The van der Waals surface area contributed by atoms with E-state index >= 15 is 0 Å². The molecule has 0 aromatic heterocycles. The summed E-state index contributed by atoms with van der Waals surface area (Å²) in [6.45, 7) is 6.52. The summed E-state index contributed by atoms with van der Waals surface area (Å²) in [5, 5.41) is 0.573. The topological polar surface area (TPSA) is 9.23 Å². The molecule has 0 N–H and O–H groups in total. The minimum absolute atomic E-state index is 0.0889. The van der Waals surface area contributed by atoms with E-state index in [0.717, 1.165) is 11.3 Å². The summed E-state index contributed by atoms with van der Waals surface area (Å²) >= 11 is 12.0. The number of rotatable bonds is 3. The molecule has 1 nitrogen and oxygen atoms in total. The molecular weight excluding hydrogens is 291 g/mol. The lowest BCUT2D eigenvalue weighted by Gasteiger charge is -2.19. The standard InChI is InChI=1S/C17H18Cl2O/c1-17(2,3)13-5-4-6-14(10-13)20-16-8-7-12(11-18)9-15(16)19/h4-10H,11H2,1-3H3. The van der Waals surface area contributed by atoms with Crippen molar-refractivity contribution in [3.63, 3.8) is 0 Å². The van der Waals surface area contributed by atoms with Gasteiger partial charge in [-0.1, -0.05) is 50.6 Å². The van der Waals surface area contributed by atoms with Crippen LogP contribution in [-0.2, 0) is 11.3 Å². The highest BCUT2D eigenvalue weighted by Crippen LogP contribution is 2.32. The molecule has 0 aliphatic heterocycles. The zero-order valence-corrected chi connectivity index (χ0v) is 13.4. The van der Waals surface area contributed by atoms with Gasteiger partial charge >= 0.3 is 0 Å². The Kier molecular flexibility index (Phi) is 4.62. The average molecular weight is 309 g/mol.